The summed E-state index contributed by atoms with van der Waals surface area (Å²) in [4.78, 5) is 16.2. The van der Waals surface area contributed by atoms with Crippen molar-refractivity contribution in [2.24, 2.45) is 0 Å². The summed E-state index contributed by atoms with van der Waals surface area (Å²) in [7, 11) is -3.55. The van der Waals surface area contributed by atoms with Crippen LogP contribution in [0.4, 0.5) is 13.9 Å². The molecule has 152 valence electrons. The van der Waals surface area contributed by atoms with E-state index in [4.69, 9.17) is 0 Å². The van der Waals surface area contributed by atoms with Crippen molar-refractivity contribution in [2.45, 2.75) is 12.8 Å². The van der Waals surface area contributed by atoms with Gasteiger partial charge in [0.05, 0.1) is 11.4 Å². The molecule has 0 aliphatic carbocycles. The molecule has 3 rings (SSSR count). The molecule has 0 bridgehead atoms. The summed E-state index contributed by atoms with van der Waals surface area (Å²) in [5, 5.41) is 4.20. The van der Waals surface area contributed by atoms with Gasteiger partial charge in [0.15, 0.2) is 26.6 Å². The Kier molecular flexibility index (Phi) is 6.71. The summed E-state index contributed by atoms with van der Waals surface area (Å²) < 4.78 is 50.7. The number of carbonyl (C=O) groups excluding carboxylic acids is 1. The maximum Gasteiger partial charge on any atom is 0.241 e. The number of sulfone groups is 1. The largest absolute Gasteiger partial charge is 0.301 e. The predicted octanol–water partition coefficient (Wildman–Crippen LogP) is 4.07. The van der Waals surface area contributed by atoms with Gasteiger partial charge in [0.2, 0.25) is 5.91 Å². The Morgan fingerprint density at radius 1 is 1.07 bits per heavy atom. The van der Waals surface area contributed by atoms with Crippen LogP contribution in [0.1, 0.15) is 12.0 Å². The van der Waals surface area contributed by atoms with Crippen molar-refractivity contribution in [2.75, 3.05) is 16.8 Å². The van der Waals surface area contributed by atoms with Crippen molar-refractivity contribution in [1.29, 1.82) is 0 Å². The number of rotatable bonds is 8. The standard InChI is InChI=1S/C20H18F2N2O3S2/c21-16-9-8-15(11-17(16)22)18-12-28-20(23-18)24-19(25)13-29(26,27)10-4-7-14-5-2-1-3-6-14/h1-3,5-6,8-9,11-12H,4,7,10,13H2,(H,23,24,25). The van der Waals surface area contributed by atoms with E-state index < -0.39 is 33.1 Å². The molecule has 0 unspecified atom stereocenters. The lowest BCUT2D eigenvalue weighted by molar-refractivity contribution is -0.113. The van der Waals surface area contributed by atoms with Crippen LogP contribution in [0.25, 0.3) is 11.3 Å². The summed E-state index contributed by atoms with van der Waals surface area (Å²) in [6.07, 6.45) is 1.04. The molecule has 0 saturated carbocycles. The Labute approximate surface area is 171 Å². The van der Waals surface area contributed by atoms with Crippen LogP contribution in [0.3, 0.4) is 0 Å². The van der Waals surface area contributed by atoms with Crippen LogP contribution in [0.15, 0.2) is 53.9 Å². The number of anilines is 1. The van der Waals surface area contributed by atoms with E-state index in [1.165, 1.54) is 6.07 Å². The predicted molar refractivity (Wildman–Crippen MR) is 110 cm³/mol. The van der Waals surface area contributed by atoms with Crippen LogP contribution in [0, 0.1) is 11.6 Å². The number of aryl methyl sites for hydroxylation is 1. The average molecular weight is 437 g/mol. The Balaban J connectivity index is 1.53. The fourth-order valence-electron chi connectivity index (χ4n) is 2.69. The van der Waals surface area contributed by atoms with Crippen molar-refractivity contribution in [3.05, 3.63) is 71.1 Å². The van der Waals surface area contributed by atoms with Gasteiger partial charge in [0.1, 0.15) is 5.75 Å². The number of nitrogens with zero attached hydrogens (tertiary/aromatic N) is 1. The monoisotopic (exact) mass is 436 g/mol. The number of nitrogens with one attached hydrogen (secondary N) is 1. The lowest BCUT2D eigenvalue weighted by Gasteiger charge is -2.05. The highest BCUT2D eigenvalue weighted by Crippen LogP contribution is 2.26. The highest BCUT2D eigenvalue weighted by molar-refractivity contribution is 7.92. The average Bonchev–Trinajstić information content (AvgIpc) is 3.12. The third-order valence-electron chi connectivity index (χ3n) is 4.08. The lowest BCUT2D eigenvalue weighted by atomic mass is 10.1. The highest BCUT2D eigenvalue weighted by atomic mass is 32.2. The first-order valence-corrected chi connectivity index (χ1v) is 11.5. The van der Waals surface area contributed by atoms with Gasteiger partial charge in [-0.15, -0.1) is 11.3 Å². The molecule has 0 fully saturated rings. The summed E-state index contributed by atoms with van der Waals surface area (Å²) in [6.45, 7) is 0. The molecule has 5 nitrogen and oxygen atoms in total. The Hall–Kier alpha value is -2.65. The minimum absolute atomic E-state index is 0.0900. The van der Waals surface area contributed by atoms with Crippen LogP contribution in [-0.4, -0.2) is 30.8 Å². The van der Waals surface area contributed by atoms with Crippen LogP contribution in [0.5, 0.6) is 0 Å². The molecule has 1 heterocycles. The Morgan fingerprint density at radius 3 is 2.55 bits per heavy atom. The van der Waals surface area contributed by atoms with E-state index in [0.717, 1.165) is 29.0 Å². The van der Waals surface area contributed by atoms with Crippen LogP contribution in [0.2, 0.25) is 0 Å². The van der Waals surface area contributed by atoms with E-state index in [1.807, 2.05) is 30.3 Å². The van der Waals surface area contributed by atoms with Gasteiger partial charge in [-0.1, -0.05) is 30.3 Å². The number of benzene rings is 2. The molecule has 0 atom stereocenters. The van der Waals surface area contributed by atoms with Gasteiger partial charge >= 0.3 is 0 Å². The number of aromatic nitrogens is 1. The fraction of sp³-hybridized carbons (Fsp3) is 0.200. The van der Waals surface area contributed by atoms with E-state index in [2.05, 4.69) is 10.3 Å². The number of thiazole rings is 1. The molecule has 2 aromatic carbocycles. The summed E-state index contributed by atoms with van der Waals surface area (Å²) in [6, 6.07) is 12.9. The van der Waals surface area contributed by atoms with Gasteiger partial charge in [0, 0.05) is 10.9 Å². The number of halogens is 2. The van der Waals surface area contributed by atoms with E-state index in [1.54, 1.807) is 5.38 Å². The normalized spacial score (nSPS) is 11.4. The van der Waals surface area contributed by atoms with Gasteiger partial charge in [0.25, 0.3) is 0 Å². The number of hydrogen-bond donors (Lipinski definition) is 1. The van der Waals surface area contributed by atoms with Gasteiger partial charge in [-0.2, -0.15) is 0 Å². The van der Waals surface area contributed by atoms with Crippen molar-refractivity contribution in [3.8, 4) is 11.3 Å². The molecule has 1 N–H and O–H groups in total. The van der Waals surface area contributed by atoms with Crippen molar-refractivity contribution in [1.82, 2.24) is 4.98 Å². The molecule has 1 aromatic heterocycles. The summed E-state index contributed by atoms with van der Waals surface area (Å²) in [5.41, 5.74) is 1.75. The maximum absolute atomic E-state index is 13.3. The molecule has 29 heavy (non-hydrogen) atoms. The zero-order chi connectivity index (χ0) is 20.9. The molecule has 0 saturated heterocycles. The zero-order valence-corrected chi connectivity index (χ0v) is 16.9. The second-order valence-corrected chi connectivity index (χ2v) is 9.44. The van der Waals surface area contributed by atoms with Gasteiger partial charge in [-0.3, -0.25) is 4.79 Å². The fourth-order valence-corrected chi connectivity index (χ4v) is 4.62. The van der Waals surface area contributed by atoms with Crippen LogP contribution < -0.4 is 5.32 Å². The number of amides is 1. The third kappa shape index (κ3) is 6.16. The maximum atomic E-state index is 13.3. The second-order valence-electron chi connectivity index (χ2n) is 6.40. The van der Waals surface area contributed by atoms with Crippen molar-refractivity contribution in [3.63, 3.8) is 0 Å². The molecule has 0 spiro atoms. The van der Waals surface area contributed by atoms with Gasteiger partial charge in [-0.05, 0) is 36.6 Å². The number of hydrogen-bond acceptors (Lipinski definition) is 5. The molecule has 0 radical (unpaired) electrons. The summed E-state index contributed by atoms with van der Waals surface area (Å²) in [5.74, 6) is -3.37. The molecule has 9 heteroatoms. The van der Waals surface area contributed by atoms with E-state index in [9.17, 15) is 22.0 Å². The first kappa shape index (κ1) is 21.1. The smallest absolute Gasteiger partial charge is 0.241 e. The molecule has 1 amide bonds. The van der Waals surface area contributed by atoms with E-state index in [-0.39, 0.29) is 10.9 Å². The second kappa shape index (κ2) is 9.23. The first-order chi connectivity index (χ1) is 13.8. The molecular weight excluding hydrogens is 418 g/mol. The van der Waals surface area contributed by atoms with Crippen LogP contribution in [-0.2, 0) is 21.1 Å². The van der Waals surface area contributed by atoms with Gasteiger partial charge in [-0.25, -0.2) is 22.2 Å². The topological polar surface area (TPSA) is 76.1 Å². The molecule has 3 aromatic rings. The van der Waals surface area contributed by atoms with E-state index in [0.29, 0.717) is 24.1 Å². The lowest BCUT2D eigenvalue weighted by Crippen LogP contribution is -2.24. The Morgan fingerprint density at radius 2 is 1.83 bits per heavy atom. The van der Waals surface area contributed by atoms with Crippen LogP contribution >= 0.6 is 11.3 Å². The highest BCUT2D eigenvalue weighted by Gasteiger charge is 2.18. The Bertz CT molecular complexity index is 1100. The third-order valence-corrected chi connectivity index (χ3v) is 6.45. The minimum Gasteiger partial charge on any atom is -0.301 e. The zero-order valence-electron chi connectivity index (χ0n) is 15.3. The quantitative estimate of drug-likeness (QED) is 0.577. The molecule has 0 aliphatic heterocycles. The number of carbonyl (C=O) groups is 1. The van der Waals surface area contributed by atoms with Crippen molar-refractivity contribution >= 4 is 32.2 Å². The first-order valence-electron chi connectivity index (χ1n) is 8.77. The SMILES string of the molecule is O=C(CS(=O)(=O)CCCc1ccccc1)Nc1nc(-c2ccc(F)c(F)c2)cs1. The minimum atomic E-state index is -3.55. The molecular formula is C20H18F2N2O3S2. The van der Waals surface area contributed by atoms with E-state index >= 15 is 0 Å². The van der Waals surface area contributed by atoms with Gasteiger partial charge < -0.3 is 5.32 Å². The summed E-state index contributed by atoms with van der Waals surface area (Å²) >= 11 is 1.07. The molecule has 0 aliphatic rings. The van der Waals surface area contributed by atoms with Crippen molar-refractivity contribution < 1.29 is 22.0 Å².